The molecule has 1 aliphatic rings. The molecule has 4 nitrogen and oxygen atoms in total. The highest BCUT2D eigenvalue weighted by Crippen LogP contribution is 2.37. The van der Waals surface area contributed by atoms with Crippen LogP contribution in [0.2, 0.25) is 0 Å². The van der Waals surface area contributed by atoms with Crippen LogP contribution < -0.4 is 4.90 Å². The van der Waals surface area contributed by atoms with Crippen LogP contribution >= 0.6 is 0 Å². The zero-order chi connectivity index (χ0) is 14.1. The predicted octanol–water partition coefficient (Wildman–Crippen LogP) is 2.69. The monoisotopic (exact) mass is 265 g/mol. The van der Waals surface area contributed by atoms with E-state index in [4.69, 9.17) is 0 Å². The Morgan fingerprint density at radius 2 is 2.15 bits per heavy atom. The molecule has 0 radical (unpaired) electrons. The first-order valence-electron chi connectivity index (χ1n) is 6.61. The second-order valence-corrected chi connectivity index (χ2v) is 4.76. The van der Waals surface area contributed by atoms with Gasteiger partial charge in [0.2, 0.25) is 0 Å². The zero-order valence-corrected chi connectivity index (χ0v) is 11.5. The van der Waals surface area contributed by atoms with Gasteiger partial charge < -0.3 is 4.90 Å². The molecule has 0 atom stereocenters. The molecule has 1 aliphatic heterocycles. The molecule has 2 heterocycles. The maximum absolute atomic E-state index is 12.5. The number of carbonyl (C=O) groups excluding carboxylic acids is 1. The maximum Gasteiger partial charge on any atom is 0.259 e. The number of carbonyl (C=O) groups is 1. The summed E-state index contributed by atoms with van der Waals surface area (Å²) in [5, 5.41) is 0. The molecule has 100 valence electrons. The van der Waals surface area contributed by atoms with Crippen molar-refractivity contribution in [1.82, 2.24) is 9.97 Å². The number of benzene rings is 1. The van der Waals surface area contributed by atoms with E-state index >= 15 is 0 Å². The topological polar surface area (TPSA) is 46.1 Å². The van der Waals surface area contributed by atoms with Gasteiger partial charge in [0.25, 0.3) is 5.91 Å². The minimum absolute atomic E-state index is 0.0266. The van der Waals surface area contributed by atoms with Crippen molar-refractivity contribution in [2.45, 2.75) is 13.8 Å². The summed E-state index contributed by atoms with van der Waals surface area (Å²) in [7, 11) is 0. The Hall–Kier alpha value is -2.49. The van der Waals surface area contributed by atoms with Crippen molar-refractivity contribution in [2.75, 3.05) is 11.4 Å². The highest BCUT2D eigenvalue weighted by atomic mass is 16.2. The number of aryl methyl sites for hydroxylation is 1. The highest BCUT2D eigenvalue weighted by molar-refractivity contribution is 6.35. The lowest BCUT2D eigenvalue weighted by molar-refractivity contribution is -0.112. The number of likely N-dealkylation sites (N-methyl/N-ethyl adjacent to an activating group) is 1. The Morgan fingerprint density at radius 1 is 1.30 bits per heavy atom. The van der Waals surface area contributed by atoms with Crippen molar-refractivity contribution < 1.29 is 4.79 Å². The molecule has 1 aromatic carbocycles. The lowest BCUT2D eigenvalue weighted by Gasteiger charge is -2.13. The average molecular weight is 265 g/mol. The smallest absolute Gasteiger partial charge is 0.259 e. The van der Waals surface area contributed by atoms with E-state index in [0.717, 1.165) is 16.8 Å². The van der Waals surface area contributed by atoms with Crippen LogP contribution in [0.15, 0.2) is 36.8 Å². The Balaban J connectivity index is 2.15. The Kier molecular flexibility index (Phi) is 3.06. The normalized spacial score (nSPS) is 15.8. The van der Waals surface area contributed by atoms with Crippen molar-refractivity contribution in [1.29, 1.82) is 0 Å². The van der Waals surface area contributed by atoms with Gasteiger partial charge in [-0.1, -0.05) is 11.6 Å². The molecule has 0 aliphatic carbocycles. The van der Waals surface area contributed by atoms with Crippen molar-refractivity contribution in [3.63, 3.8) is 0 Å². The number of nitrogens with zero attached hydrogens (tertiary/aromatic N) is 3. The van der Waals surface area contributed by atoms with Gasteiger partial charge >= 0.3 is 0 Å². The van der Waals surface area contributed by atoms with E-state index in [1.807, 2.05) is 38.1 Å². The molecule has 20 heavy (non-hydrogen) atoms. The van der Waals surface area contributed by atoms with E-state index in [2.05, 4.69) is 9.97 Å². The SMILES string of the molecule is CCN1C(=O)/C(=C/c2cnccn2)c2cc(C)ccc21. The first kappa shape index (κ1) is 12.5. The summed E-state index contributed by atoms with van der Waals surface area (Å²) in [5.41, 5.74) is 4.47. The molecule has 1 amide bonds. The summed E-state index contributed by atoms with van der Waals surface area (Å²) in [6.07, 6.45) is 6.71. The average Bonchev–Trinajstić information content (AvgIpc) is 2.72. The van der Waals surface area contributed by atoms with E-state index < -0.39 is 0 Å². The Labute approximate surface area is 117 Å². The van der Waals surface area contributed by atoms with E-state index in [-0.39, 0.29) is 5.91 Å². The summed E-state index contributed by atoms with van der Waals surface area (Å²) >= 11 is 0. The lowest BCUT2D eigenvalue weighted by atomic mass is 10.0. The summed E-state index contributed by atoms with van der Waals surface area (Å²) in [6.45, 7) is 4.67. The highest BCUT2D eigenvalue weighted by Gasteiger charge is 2.31. The van der Waals surface area contributed by atoms with Gasteiger partial charge in [-0.05, 0) is 32.1 Å². The van der Waals surface area contributed by atoms with Crippen LogP contribution in [0, 0.1) is 6.92 Å². The molecule has 3 rings (SSSR count). The lowest BCUT2D eigenvalue weighted by Crippen LogP contribution is -2.25. The quantitative estimate of drug-likeness (QED) is 0.784. The number of aromatic nitrogens is 2. The van der Waals surface area contributed by atoms with Crippen LogP contribution in [0.3, 0.4) is 0 Å². The van der Waals surface area contributed by atoms with Gasteiger partial charge in [-0.2, -0.15) is 0 Å². The van der Waals surface area contributed by atoms with Crippen LogP contribution in [0.1, 0.15) is 23.7 Å². The molecule has 0 spiro atoms. The van der Waals surface area contributed by atoms with Gasteiger partial charge in [0, 0.05) is 24.5 Å². The summed E-state index contributed by atoms with van der Waals surface area (Å²) in [5.74, 6) is 0.0266. The minimum atomic E-state index is 0.0266. The fraction of sp³-hybridized carbons (Fsp3) is 0.188. The Morgan fingerprint density at radius 3 is 2.85 bits per heavy atom. The van der Waals surface area contributed by atoms with E-state index in [1.165, 1.54) is 0 Å². The first-order valence-corrected chi connectivity index (χ1v) is 6.61. The van der Waals surface area contributed by atoms with E-state index in [0.29, 0.717) is 17.8 Å². The van der Waals surface area contributed by atoms with Crippen molar-refractivity contribution in [3.05, 3.63) is 53.6 Å². The molecule has 0 saturated carbocycles. The number of hydrogen-bond acceptors (Lipinski definition) is 3. The van der Waals surface area contributed by atoms with Gasteiger partial charge in [-0.25, -0.2) is 0 Å². The van der Waals surface area contributed by atoms with Crippen molar-refractivity contribution in [2.24, 2.45) is 0 Å². The van der Waals surface area contributed by atoms with E-state index in [9.17, 15) is 4.79 Å². The van der Waals surface area contributed by atoms with Gasteiger partial charge in [-0.3, -0.25) is 14.8 Å². The fourth-order valence-corrected chi connectivity index (χ4v) is 2.46. The van der Waals surface area contributed by atoms with Gasteiger partial charge in [0.05, 0.1) is 23.2 Å². The van der Waals surface area contributed by atoms with Gasteiger partial charge in [0.1, 0.15) is 0 Å². The molecule has 0 fully saturated rings. The third kappa shape index (κ3) is 1.99. The molecule has 0 unspecified atom stereocenters. The summed E-state index contributed by atoms with van der Waals surface area (Å²) in [4.78, 5) is 22.6. The maximum atomic E-state index is 12.5. The van der Waals surface area contributed by atoms with Gasteiger partial charge in [0.15, 0.2) is 0 Å². The minimum Gasteiger partial charge on any atom is -0.308 e. The molecule has 4 heteroatoms. The molecule has 0 N–H and O–H groups in total. The molecule has 0 saturated heterocycles. The number of rotatable bonds is 2. The standard InChI is InChI=1S/C16H15N3O/c1-3-19-15-5-4-11(2)8-13(15)14(16(19)20)9-12-10-17-6-7-18-12/h4-10H,3H2,1-2H3/b14-9+. The number of anilines is 1. The summed E-state index contributed by atoms with van der Waals surface area (Å²) in [6, 6.07) is 6.08. The fourth-order valence-electron chi connectivity index (χ4n) is 2.46. The molecule has 0 bridgehead atoms. The number of fused-ring (bicyclic) bond motifs is 1. The predicted molar refractivity (Wildman–Crippen MR) is 79.1 cm³/mol. The van der Waals surface area contributed by atoms with Crippen molar-refractivity contribution in [3.8, 4) is 0 Å². The van der Waals surface area contributed by atoms with Gasteiger partial charge in [-0.15, -0.1) is 0 Å². The Bertz CT molecular complexity index is 692. The van der Waals surface area contributed by atoms with Crippen LogP contribution in [0.25, 0.3) is 11.6 Å². The third-order valence-corrected chi connectivity index (χ3v) is 3.40. The van der Waals surface area contributed by atoms with E-state index in [1.54, 1.807) is 23.5 Å². The number of hydrogen-bond donors (Lipinski definition) is 0. The van der Waals surface area contributed by atoms with Crippen LogP contribution in [0.5, 0.6) is 0 Å². The second-order valence-electron chi connectivity index (χ2n) is 4.76. The molecule has 1 aromatic heterocycles. The first-order chi connectivity index (χ1) is 9.70. The van der Waals surface area contributed by atoms with Crippen LogP contribution in [0.4, 0.5) is 5.69 Å². The third-order valence-electron chi connectivity index (χ3n) is 3.40. The van der Waals surface area contributed by atoms with Crippen LogP contribution in [-0.2, 0) is 4.79 Å². The second kappa shape index (κ2) is 4.89. The largest absolute Gasteiger partial charge is 0.308 e. The zero-order valence-electron chi connectivity index (χ0n) is 11.5. The molecular weight excluding hydrogens is 250 g/mol. The van der Waals surface area contributed by atoms with Crippen LogP contribution in [-0.4, -0.2) is 22.4 Å². The molecular formula is C16H15N3O. The number of amides is 1. The summed E-state index contributed by atoms with van der Waals surface area (Å²) < 4.78 is 0. The molecule has 2 aromatic rings. The van der Waals surface area contributed by atoms with Crippen molar-refractivity contribution >= 4 is 23.2 Å².